The van der Waals surface area contributed by atoms with Crippen molar-refractivity contribution in [3.05, 3.63) is 107 Å². The van der Waals surface area contributed by atoms with Gasteiger partial charge in [0, 0.05) is 24.7 Å². The van der Waals surface area contributed by atoms with Crippen LogP contribution < -0.4 is 5.32 Å². The average molecular weight is 528 g/mol. The molecule has 9 heteroatoms. The normalized spacial score (nSPS) is 12.2. The third-order valence-electron chi connectivity index (χ3n) is 5.73. The van der Waals surface area contributed by atoms with E-state index in [-0.39, 0.29) is 32.1 Å². The van der Waals surface area contributed by atoms with Crippen molar-refractivity contribution >= 4 is 33.4 Å². The number of hydrogen-bond donors (Lipinski definition) is 1. The van der Waals surface area contributed by atoms with E-state index < -0.39 is 22.0 Å². The molecule has 36 heavy (non-hydrogen) atoms. The minimum absolute atomic E-state index is 0.0573. The van der Waals surface area contributed by atoms with Gasteiger partial charge in [0.05, 0.1) is 12.8 Å². The van der Waals surface area contributed by atoms with E-state index in [0.717, 1.165) is 27.3 Å². The van der Waals surface area contributed by atoms with E-state index in [2.05, 4.69) is 5.32 Å². The lowest BCUT2D eigenvalue weighted by Gasteiger charge is -2.31. The highest BCUT2D eigenvalue weighted by atomic mass is 35.5. The number of nitrogens with zero attached hydrogens (tertiary/aromatic N) is 2. The summed E-state index contributed by atoms with van der Waals surface area (Å²) in [5, 5.41) is 3.46. The fourth-order valence-electron chi connectivity index (χ4n) is 3.62. The maximum absolute atomic E-state index is 13.5. The Morgan fingerprint density at radius 3 is 1.89 bits per heavy atom. The highest BCUT2D eigenvalue weighted by molar-refractivity contribution is 7.88. The summed E-state index contributed by atoms with van der Waals surface area (Å²) in [4.78, 5) is 27.9. The van der Waals surface area contributed by atoms with Gasteiger partial charge in [-0.25, -0.2) is 8.42 Å². The number of halogens is 1. The molecule has 1 N–H and O–H groups in total. The van der Waals surface area contributed by atoms with Gasteiger partial charge in [0.1, 0.15) is 6.04 Å². The smallest absolute Gasteiger partial charge is 0.242 e. The quantitative estimate of drug-likeness (QED) is 0.410. The van der Waals surface area contributed by atoms with Crippen LogP contribution in [0, 0.1) is 0 Å². The number of carbonyl (C=O) groups is 2. The number of sulfonamides is 1. The van der Waals surface area contributed by atoms with Crippen LogP contribution in [0.15, 0.2) is 84.9 Å². The molecular weight excluding hydrogens is 498 g/mol. The second-order valence-electron chi connectivity index (χ2n) is 8.54. The Morgan fingerprint density at radius 2 is 1.36 bits per heavy atom. The van der Waals surface area contributed by atoms with Gasteiger partial charge in [0.15, 0.2) is 0 Å². The third-order valence-corrected chi connectivity index (χ3v) is 7.17. The molecule has 7 nitrogen and oxygen atoms in total. The van der Waals surface area contributed by atoms with Gasteiger partial charge in [-0.3, -0.25) is 9.59 Å². The number of benzene rings is 3. The molecule has 0 heterocycles. The zero-order valence-corrected chi connectivity index (χ0v) is 21.9. The Morgan fingerprint density at radius 1 is 0.833 bits per heavy atom. The number of nitrogens with one attached hydrogen (secondary N) is 1. The molecule has 0 saturated carbocycles. The molecule has 0 unspecified atom stereocenters. The summed E-state index contributed by atoms with van der Waals surface area (Å²) in [5.41, 5.74) is 2.46. The summed E-state index contributed by atoms with van der Waals surface area (Å²) in [6, 6.07) is 24.6. The van der Waals surface area contributed by atoms with Gasteiger partial charge < -0.3 is 10.2 Å². The van der Waals surface area contributed by atoms with E-state index in [1.165, 1.54) is 4.90 Å². The van der Waals surface area contributed by atoms with Crippen LogP contribution in [0.3, 0.4) is 0 Å². The number of carbonyl (C=O) groups excluding carboxylic acids is 2. The van der Waals surface area contributed by atoms with Crippen LogP contribution in [0.1, 0.15) is 23.6 Å². The first kappa shape index (κ1) is 27.4. The monoisotopic (exact) mass is 527 g/mol. The van der Waals surface area contributed by atoms with Gasteiger partial charge in [-0.2, -0.15) is 4.31 Å². The van der Waals surface area contributed by atoms with Gasteiger partial charge in [0.25, 0.3) is 0 Å². The molecule has 0 aliphatic heterocycles. The Balaban J connectivity index is 1.78. The maximum Gasteiger partial charge on any atom is 0.242 e. The SMILES string of the molecule is C[C@@H](C(=O)NCc1ccc(Cl)cc1)N(Cc1ccccc1)C(=O)CN(Cc1ccccc1)S(C)(=O)=O. The first-order valence-corrected chi connectivity index (χ1v) is 13.7. The van der Waals surface area contributed by atoms with E-state index in [0.29, 0.717) is 5.02 Å². The van der Waals surface area contributed by atoms with Crippen LogP contribution >= 0.6 is 11.6 Å². The standard InChI is InChI=1S/C27H30ClN3O4S/c1-21(27(33)29-17-22-13-15-25(28)16-14-22)31(19-24-11-7-4-8-12-24)26(32)20-30(36(2,34)35)18-23-9-5-3-6-10-23/h3-16,21H,17-20H2,1-2H3,(H,29,33)/t21-/m0/s1. The van der Waals surface area contributed by atoms with Crippen molar-refractivity contribution < 1.29 is 18.0 Å². The Bertz CT molecular complexity index is 1250. The number of amides is 2. The van der Waals surface area contributed by atoms with E-state index in [1.807, 2.05) is 60.7 Å². The minimum atomic E-state index is -3.69. The lowest BCUT2D eigenvalue weighted by molar-refractivity contribution is -0.140. The zero-order valence-electron chi connectivity index (χ0n) is 20.3. The molecule has 190 valence electrons. The van der Waals surface area contributed by atoms with Crippen LogP contribution in [0.25, 0.3) is 0 Å². The highest BCUT2D eigenvalue weighted by Crippen LogP contribution is 2.14. The van der Waals surface area contributed by atoms with Gasteiger partial charge in [0.2, 0.25) is 21.8 Å². The third kappa shape index (κ3) is 8.19. The molecule has 2 amide bonds. The molecule has 0 spiro atoms. The molecule has 0 aliphatic rings. The maximum atomic E-state index is 13.5. The fraction of sp³-hybridized carbons (Fsp3) is 0.259. The topological polar surface area (TPSA) is 86.8 Å². The lowest BCUT2D eigenvalue weighted by atomic mass is 10.1. The Hall–Kier alpha value is -3.20. The van der Waals surface area contributed by atoms with E-state index in [1.54, 1.807) is 31.2 Å². The summed E-state index contributed by atoms with van der Waals surface area (Å²) in [7, 11) is -3.69. The predicted octanol–water partition coefficient (Wildman–Crippen LogP) is 3.84. The molecule has 3 aromatic rings. The van der Waals surface area contributed by atoms with Gasteiger partial charge in [-0.1, -0.05) is 84.4 Å². The van der Waals surface area contributed by atoms with Crippen LogP contribution in [-0.2, 0) is 39.2 Å². The average Bonchev–Trinajstić information content (AvgIpc) is 2.86. The molecule has 0 radical (unpaired) electrons. The summed E-state index contributed by atoms with van der Waals surface area (Å²) in [6.45, 7) is 1.76. The fourth-order valence-corrected chi connectivity index (χ4v) is 4.48. The summed E-state index contributed by atoms with van der Waals surface area (Å²) < 4.78 is 26.1. The van der Waals surface area contributed by atoms with E-state index in [4.69, 9.17) is 11.6 Å². The van der Waals surface area contributed by atoms with Gasteiger partial charge in [-0.05, 0) is 35.7 Å². The largest absolute Gasteiger partial charge is 0.350 e. The molecule has 0 aliphatic carbocycles. The van der Waals surface area contributed by atoms with Crippen molar-refractivity contribution in [3.8, 4) is 0 Å². The van der Waals surface area contributed by atoms with Crippen LogP contribution in [0.2, 0.25) is 5.02 Å². The highest BCUT2D eigenvalue weighted by Gasteiger charge is 2.29. The van der Waals surface area contributed by atoms with E-state index >= 15 is 0 Å². The molecule has 3 rings (SSSR count). The first-order chi connectivity index (χ1) is 17.1. The molecule has 3 aromatic carbocycles. The van der Waals surface area contributed by atoms with Crippen LogP contribution in [0.4, 0.5) is 0 Å². The van der Waals surface area contributed by atoms with Crippen molar-refractivity contribution in [2.75, 3.05) is 12.8 Å². The van der Waals surface area contributed by atoms with E-state index in [9.17, 15) is 18.0 Å². The molecule has 0 bridgehead atoms. The summed E-state index contributed by atoms with van der Waals surface area (Å²) in [5.74, 6) is -0.808. The molecule has 0 aromatic heterocycles. The molecule has 0 fully saturated rings. The molecule has 0 saturated heterocycles. The van der Waals surface area contributed by atoms with Gasteiger partial charge >= 0.3 is 0 Å². The van der Waals surface area contributed by atoms with Crippen molar-refractivity contribution in [3.63, 3.8) is 0 Å². The van der Waals surface area contributed by atoms with Crippen molar-refractivity contribution in [1.82, 2.24) is 14.5 Å². The molecule has 1 atom stereocenters. The zero-order chi connectivity index (χ0) is 26.1. The Kier molecular flexibility index (Phi) is 9.64. The second kappa shape index (κ2) is 12.7. The van der Waals surface area contributed by atoms with Crippen LogP contribution in [0.5, 0.6) is 0 Å². The predicted molar refractivity (Wildman–Crippen MR) is 141 cm³/mol. The van der Waals surface area contributed by atoms with Gasteiger partial charge in [-0.15, -0.1) is 0 Å². The Labute approximate surface area is 217 Å². The lowest BCUT2D eigenvalue weighted by Crippen LogP contribution is -2.50. The van der Waals surface area contributed by atoms with Crippen molar-refractivity contribution in [1.29, 1.82) is 0 Å². The number of rotatable bonds is 11. The van der Waals surface area contributed by atoms with Crippen LogP contribution in [-0.4, -0.2) is 48.3 Å². The second-order valence-corrected chi connectivity index (χ2v) is 11.0. The summed E-state index contributed by atoms with van der Waals surface area (Å²) >= 11 is 5.92. The first-order valence-electron chi connectivity index (χ1n) is 11.5. The number of hydrogen-bond acceptors (Lipinski definition) is 4. The molecular formula is C27H30ClN3O4S. The summed E-state index contributed by atoms with van der Waals surface area (Å²) in [6.07, 6.45) is 1.08. The van der Waals surface area contributed by atoms with Crippen molar-refractivity contribution in [2.45, 2.75) is 32.6 Å². The minimum Gasteiger partial charge on any atom is -0.350 e. The van der Waals surface area contributed by atoms with Crippen molar-refractivity contribution in [2.24, 2.45) is 0 Å².